The highest BCUT2D eigenvalue weighted by Crippen LogP contribution is 2.75. The third kappa shape index (κ3) is 22.2. The molecule has 36 heteroatoms. The number of ether oxygens (including phenoxy) is 8. The minimum atomic E-state index is -4.90. The van der Waals surface area contributed by atoms with Crippen LogP contribution in [0.5, 0.6) is 11.5 Å². The lowest BCUT2D eigenvalue weighted by Crippen LogP contribution is -2.71. The molecule has 2 aromatic heterocycles. The van der Waals surface area contributed by atoms with Crippen molar-refractivity contribution in [2.24, 2.45) is 22.5 Å². The van der Waals surface area contributed by atoms with Crippen molar-refractivity contribution in [1.29, 1.82) is 0 Å². The van der Waals surface area contributed by atoms with Crippen LogP contribution in [0.2, 0.25) is 0 Å². The highest BCUT2D eigenvalue weighted by atomic mass is 79.9. The molecular formula is C72H100BrCl2N12O20P. The molecule has 2 bridgehead atoms. The minimum Gasteiger partial charge on any atom is -0.445 e. The highest BCUT2D eigenvalue weighted by Gasteiger charge is 2.72. The Hall–Kier alpha value is -7.53. The molecule has 0 radical (unpaired) electrons. The Bertz CT molecular complexity index is 3990. The molecule has 11 N–H and O–H groups in total. The summed E-state index contributed by atoms with van der Waals surface area (Å²) < 4.78 is 62.0. The standard InChI is InChI=1S/C72H100BrCl2N12O20P/c1-44(2)62(83-56(88)13-18-99-20-22-101-24-26-103-28-29-104-27-25-102-23-21-100-19-15-77-57(89)32-73)66(91)82-51(8-7-14-78-68(76)93)65(90)81-50-11-9-47(10-12-50)39-105-69(94)84(5)16-17-85(6)70(95)106-54-31-53-61(59-46(4)35-79-63(54)59)49(34-75)38-87(53)67(92)72-40-71(41-72,42-72)43-86-37-48(33-74)60-52(86)30-55(107-108(96,97)98)64-58(60)45(3)36-80-64/h9-12,30-31,35-36,44,48-49,51,62,79-80H,7-8,13-29,32-34,37-43H2,1-6H3,(H,77,89)(H,81,90)(H,82,91)(H,83,88)(H3,76,78,93)(H2,96,97,98). The maximum Gasteiger partial charge on any atom is 0.524 e. The Kier molecular flexibility index (Phi) is 30.8. The number of fused-ring (bicyclic) bond motifs is 6. The Balaban J connectivity index is 0.686. The Morgan fingerprint density at radius 3 is 1.79 bits per heavy atom. The second-order valence-corrected chi connectivity index (χ2v) is 30.4. The van der Waals surface area contributed by atoms with E-state index < -0.39 is 61.3 Å². The number of H-pyrrole nitrogens is 2. The molecular weight excluding hydrogens is 1530 g/mol. The van der Waals surface area contributed by atoms with Gasteiger partial charge in [0.1, 0.15) is 18.7 Å². The number of aromatic amines is 2. The summed E-state index contributed by atoms with van der Waals surface area (Å²) in [5, 5.41) is 15.4. The van der Waals surface area contributed by atoms with Crippen molar-refractivity contribution in [3.63, 3.8) is 0 Å². The monoisotopic (exact) mass is 1630 g/mol. The number of carbonyl (C=O) groups excluding carboxylic acids is 8. The number of carbonyl (C=O) groups is 8. The summed E-state index contributed by atoms with van der Waals surface area (Å²) in [7, 11) is -1.83. The molecule has 32 nitrogen and oxygen atoms in total. The first-order valence-corrected chi connectivity index (χ1v) is 39.8. The number of anilines is 3. The molecule has 4 unspecified atom stereocenters. The molecule has 10 rings (SSSR count). The number of nitrogens with one attached hydrogen (secondary N) is 7. The number of nitrogens with two attached hydrogens (primary N) is 1. The summed E-state index contributed by atoms with van der Waals surface area (Å²) in [5.41, 5.74) is 11.6. The number of phosphoric ester groups is 1. The van der Waals surface area contributed by atoms with E-state index in [2.05, 4.69) is 57.4 Å². The van der Waals surface area contributed by atoms with Crippen LogP contribution < -0.4 is 51.4 Å². The zero-order valence-electron chi connectivity index (χ0n) is 61.7. The average Bonchev–Trinajstić information content (AvgIpc) is 0.965. The molecule has 0 saturated heterocycles. The van der Waals surface area contributed by atoms with Gasteiger partial charge in [0.25, 0.3) is 0 Å². The predicted octanol–water partition coefficient (Wildman–Crippen LogP) is 7.13. The normalized spacial score (nSPS) is 18.2. The number of rotatable bonds is 45. The first kappa shape index (κ1) is 84.5. The predicted molar refractivity (Wildman–Crippen MR) is 407 cm³/mol. The lowest BCUT2D eigenvalue weighted by molar-refractivity contribution is -0.200. The number of halogens is 3. The van der Waals surface area contributed by atoms with Gasteiger partial charge in [-0.2, -0.15) is 0 Å². The summed E-state index contributed by atoms with van der Waals surface area (Å²) in [5.74, 6) is -1.52. The largest absolute Gasteiger partial charge is 0.524 e. The molecule has 108 heavy (non-hydrogen) atoms. The number of alkyl halides is 3. The summed E-state index contributed by atoms with van der Waals surface area (Å²) in [6, 6.07) is 7.05. The van der Waals surface area contributed by atoms with E-state index in [1.54, 1.807) is 68.4 Å². The van der Waals surface area contributed by atoms with Crippen LogP contribution >= 0.6 is 47.0 Å². The molecule has 3 aliphatic carbocycles. The van der Waals surface area contributed by atoms with Gasteiger partial charge in [0, 0.05) is 137 Å². The fourth-order valence-electron chi connectivity index (χ4n) is 14.4. The quantitative estimate of drug-likeness (QED) is 0.0105. The lowest BCUT2D eigenvalue weighted by Gasteiger charge is -2.70. The topological polar surface area (TPSA) is 408 Å². The van der Waals surface area contributed by atoms with Crippen LogP contribution in [0.3, 0.4) is 0 Å². The van der Waals surface area contributed by atoms with Crippen LogP contribution in [0.4, 0.5) is 31.4 Å². The van der Waals surface area contributed by atoms with E-state index in [4.69, 9.17) is 71.4 Å². The van der Waals surface area contributed by atoms with Gasteiger partial charge in [-0.25, -0.2) is 18.9 Å². The van der Waals surface area contributed by atoms with E-state index in [1.807, 2.05) is 20.0 Å². The molecule has 2 aliphatic heterocycles. The zero-order valence-corrected chi connectivity index (χ0v) is 65.7. The molecule has 3 aromatic carbocycles. The molecule has 3 fully saturated rings. The van der Waals surface area contributed by atoms with Gasteiger partial charge in [-0.1, -0.05) is 41.9 Å². The highest BCUT2D eigenvalue weighted by molar-refractivity contribution is 9.09. The van der Waals surface area contributed by atoms with Crippen LogP contribution in [0.25, 0.3) is 21.8 Å². The molecule has 9 amide bonds. The van der Waals surface area contributed by atoms with Crippen LogP contribution in [0.15, 0.2) is 48.8 Å². The molecule has 0 spiro atoms. The van der Waals surface area contributed by atoms with E-state index in [0.717, 1.165) is 38.7 Å². The van der Waals surface area contributed by atoms with Crippen LogP contribution in [-0.2, 0) is 68.3 Å². The van der Waals surface area contributed by atoms with Gasteiger partial charge in [0.15, 0.2) is 11.5 Å². The number of phosphoric acid groups is 1. The lowest BCUT2D eigenvalue weighted by atomic mass is 9.34. The summed E-state index contributed by atoms with van der Waals surface area (Å²) in [6.07, 6.45) is 4.45. The molecule has 5 aromatic rings. The van der Waals surface area contributed by atoms with Gasteiger partial charge in [-0.3, -0.25) is 33.8 Å². The van der Waals surface area contributed by atoms with Crippen molar-refractivity contribution in [3.8, 4) is 11.5 Å². The molecule has 5 aliphatic rings. The minimum absolute atomic E-state index is 0.0253. The number of nitrogens with zero attached hydrogens (tertiary/aromatic N) is 4. The number of amides is 9. The zero-order chi connectivity index (χ0) is 77.9. The van der Waals surface area contributed by atoms with Crippen LogP contribution in [0, 0.1) is 30.6 Å². The maximum absolute atomic E-state index is 15.0. The fourth-order valence-corrected chi connectivity index (χ4v) is 15.5. The smallest absolute Gasteiger partial charge is 0.445 e. The number of hydrogen-bond donors (Lipinski definition) is 10. The summed E-state index contributed by atoms with van der Waals surface area (Å²) in [4.78, 5) is 138. The van der Waals surface area contributed by atoms with Gasteiger partial charge in [-0.05, 0) is 97.2 Å². The molecule has 4 atom stereocenters. The number of urea groups is 1. The number of benzene rings is 3. The number of aryl methyl sites for hydroxylation is 2. The number of likely N-dealkylation sites (N-methyl/N-ethyl adjacent to an activating group) is 2. The van der Waals surface area contributed by atoms with E-state index in [0.29, 0.717) is 139 Å². The van der Waals surface area contributed by atoms with Crippen molar-refractivity contribution in [2.75, 3.05) is 171 Å². The van der Waals surface area contributed by atoms with E-state index in [1.165, 1.54) is 16.8 Å². The Morgan fingerprint density at radius 2 is 1.23 bits per heavy atom. The number of hydrogen-bond acceptors (Lipinski definition) is 19. The summed E-state index contributed by atoms with van der Waals surface area (Å²) >= 11 is 16.4. The summed E-state index contributed by atoms with van der Waals surface area (Å²) in [6.45, 7) is 13.5. The van der Waals surface area contributed by atoms with Gasteiger partial charge < -0.3 is 104 Å². The van der Waals surface area contributed by atoms with E-state index in [-0.39, 0.29) is 123 Å². The first-order chi connectivity index (χ1) is 51.7. The van der Waals surface area contributed by atoms with Gasteiger partial charge in [-0.15, -0.1) is 23.2 Å². The molecule has 594 valence electrons. The average molecular weight is 1640 g/mol. The fraction of sp³-hybridized carbons (Fsp3) is 0.583. The second kappa shape index (κ2) is 39.4. The van der Waals surface area contributed by atoms with Crippen LogP contribution in [0.1, 0.15) is 92.0 Å². The number of primary amides is 1. The molecule has 3 saturated carbocycles. The third-order valence-electron chi connectivity index (χ3n) is 19.6. The van der Waals surface area contributed by atoms with Crippen molar-refractivity contribution in [2.45, 2.75) is 96.7 Å². The van der Waals surface area contributed by atoms with Gasteiger partial charge >= 0.3 is 26.0 Å². The van der Waals surface area contributed by atoms with Gasteiger partial charge in [0.05, 0.1) is 107 Å². The first-order valence-electron chi connectivity index (χ1n) is 36.0. The Morgan fingerprint density at radius 1 is 0.694 bits per heavy atom. The maximum atomic E-state index is 15.0. The van der Waals surface area contributed by atoms with Crippen molar-refractivity contribution in [3.05, 3.63) is 76.6 Å². The van der Waals surface area contributed by atoms with Crippen molar-refractivity contribution >= 4 is 134 Å². The van der Waals surface area contributed by atoms with Gasteiger partial charge in [0.2, 0.25) is 29.5 Å². The number of aromatic nitrogens is 2. The van der Waals surface area contributed by atoms with Crippen LogP contribution in [-0.4, -0.2) is 246 Å². The molecule has 4 heterocycles. The van der Waals surface area contributed by atoms with Crippen molar-refractivity contribution in [1.82, 2.24) is 41.0 Å². The van der Waals surface area contributed by atoms with E-state index >= 15 is 0 Å². The Labute approximate surface area is 645 Å². The SMILES string of the molecule is Cc1c[nH]c2c(OP(=O)(O)O)cc3c(c12)C(CCl)CN3CC12CC(C(=O)N3CC(CCl)c4c3cc(OC(=O)N(C)CCN(C)C(=O)OCc3ccc(NC(=O)C(CCCNC(N)=O)NC(=O)C(NC(=O)CCOCCOCCOCCOCCOCCOCCNC(=O)CBr)C(C)C)cc3)c3[nH]cc(C)c43)(C1)C2. The van der Waals surface area contributed by atoms with E-state index in [9.17, 15) is 52.7 Å². The third-order valence-corrected chi connectivity index (χ3v) is 21.3. The second-order valence-electron chi connectivity index (χ2n) is 28.1. The van der Waals surface area contributed by atoms with Crippen molar-refractivity contribution < 1.29 is 95.1 Å².